The first-order valence-corrected chi connectivity index (χ1v) is 9.73. The molecule has 0 fully saturated rings. The molecule has 0 saturated carbocycles. The van der Waals surface area contributed by atoms with E-state index >= 15 is 0 Å². The molecule has 3 aromatic heterocycles. The number of thiophene rings is 1. The van der Waals surface area contributed by atoms with Gasteiger partial charge in [-0.3, -0.25) is 14.8 Å². The van der Waals surface area contributed by atoms with Crippen LogP contribution < -0.4 is 4.90 Å². The molecule has 0 aliphatic rings. The highest BCUT2D eigenvalue weighted by Gasteiger charge is 2.14. The highest BCUT2D eigenvalue weighted by Crippen LogP contribution is 2.27. The monoisotopic (exact) mass is 365 g/mol. The molecule has 0 aliphatic carbocycles. The number of hydrogen-bond donors (Lipinski definition) is 1. The molecule has 0 aromatic carbocycles. The minimum absolute atomic E-state index is 0.00982. The fourth-order valence-corrected chi connectivity index (χ4v) is 4.34. The van der Waals surface area contributed by atoms with Crippen LogP contribution >= 0.6 is 34.4 Å². The molecule has 1 N–H and O–H groups in total. The van der Waals surface area contributed by atoms with Crippen molar-refractivity contribution in [3.8, 4) is 10.7 Å². The molecule has 6 nitrogen and oxygen atoms in total. The fourth-order valence-electron chi connectivity index (χ4n) is 1.95. The Kier molecular flexibility index (Phi) is 5.09. The number of carbonyl (C=O) groups is 1. The number of nitrogens with one attached hydrogen (secondary N) is 1. The van der Waals surface area contributed by atoms with E-state index in [2.05, 4.69) is 20.2 Å². The molecule has 3 heterocycles. The summed E-state index contributed by atoms with van der Waals surface area (Å²) in [5.41, 5.74) is 0.928. The van der Waals surface area contributed by atoms with Gasteiger partial charge in [0.25, 0.3) is 0 Å². The van der Waals surface area contributed by atoms with Gasteiger partial charge in [0.1, 0.15) is 0 Å². The van der Waals surface area contributed by atoms with E-state index in [9.17, 15) is 4.79 Å². The van der Waals surface area contributed by atoms with Crippen molar-refractivity contribution in [1.82, 2.24) is 20.2 Å². The summed E-state index contributed by atoms with van der Waals surface area (Å²) < 4.78 is 0. The maximum absolute atomic E-state index is 11.5. The van der Waals surface area contributed by atoms with E-state index in [1.807, 2.05) is 29.8 Å². The van der Waals surface area contributed by atoms with Crippen molar-refractivity contribution >= 4 is 45.5 Å². The highest BCUT2D eigenvalue weighted by molar-refractivity contribution is 7.98. The van der Waals surface area contributed by atoms with Gasteiger partial charge in [0, 0.05) is 24.6 Å². The van der Waals surface area contributed by atoms with Crippen LogP contribution in [0.25, 0.3) is 10.7 Å². The van der Waals surface area contributed by atoms with Gasteiger partial charge in [0.15, 0.2) is 11.0 Å². The number of anilines is 1. The molecule has 3 aromatic rings. The van der Waals surface area contributed by atoms with Gasteiger partial charge in [-0.05, 0) is 18.4 Å². The summed E-state index contributed by atoms with van der Waals surface area (Å²) in [6.45, 7) is 4.12. The SMILES string of the molecule is CCN(C(C)=O)c1nc(CSc2n[nH]c(-c3cccs3)n2)cs1. The van der Waals surface area contributed by atoms with E-state index in [-0.39, 0.29) is 5.91 Å². The number of nitrogens with zero attached hydrogens (tertiary/aromatic N) is 4. The van der Waals surface area contributed by atoms with Gasteiger partial charge < -0.3 is 0 Å². The minimum atomic E-state index is 0.00982. The molecular formula is C14H15N5OS3. The average Bonchev–Trinajstić information content (AvgIpc) is 3.27. The largest absolute Gasteiger partial charge is 0.289 e. The Morgan fingerprint density at radius 3 is 2.96 bits per heavy atom. The molecule has 0 saturated heterocycles. The summed E-state index contributed by atoms with van der Waals surface area (Å²) in [4.78, 5) is 23.3. The van der Waals surface area contributed by atoms with Gasteiger partial charge in [0.2, 0.25) is 11.1 Å². The second-order valence-corrected chi connectivity index (χ2v) is 7.34. The van der Waals surface area contributed by atoms with Crippen LogP contribution in [0.15, 0.2) is 28.0 Å². The highest BCUT2D eigenvalue weighted by atomic mass is 32.2. The number of H-pyrrole nitrogens is 1. The van der Waals surface area contributed by atoms with Crippen LogP contribution in [0.2, 0.25) is 0 Å². The van der Waals surface area contributed by atoms with Crippen LogP contribution in [-0.2, 0) is 10.5 Å². The van der Waals surface area contributed by atoms with Crippen LogP contribution in [0.4, 0.5) is 5.13 Å². The Morgan fingerprint density at radius 2 is 2.26 bits per heavy atom. The molecule has 3 rings (SSSR count). The summed E-state index contributed by atoms with van der Waals surface area (Å²) in [6, 6.07) is 3.99. The van der Waals surface area contributed by atoms with Gasteiger partial charge in [-0.1, -0.05) is 17.8 Å². The molecule has 0 bridgehead atoms. The smallest absolute Gasteiger partial charge is 0.225 e. The molecule has 23 heavy (non-hydrogen) atoms. The zero-order chi connectivity index (χ0) is 16.2. The van der Waals surface area contributed by atoms with Crippen LogP contribution in [-0.4, -0.2) is 32.6 Å². The van der Waals surface area contributed by atoms with Crippen molar-refractivity contribution in [3.63, 3.8) is 0 Å². The number of carbonyl (C=O) groups excluding carboxylic acids is 1. The number of aromatic nitrogens is 4. The first kappa shape index (κ1) is 16.2. The number of hydrogen-bond acceptors (Lipinski definition) is 7. The van der Waals surface area contributed by atoms with Gasteiger partial charge in [-0.15, -0.1) is 27.8 Å². The summed E-state index contributed by atoms with van der Waals surface area (Å²) in [5, 5.41) is 12.6. The Morgan fingerprint density at radius 1 is 1.39 bits per heavy atom. The molecule has 0 aliphatic heterocycles. The third kappa shape index (κ3) is 3.80. The van der Waals surface area contributed by atoms with Crippen LogP contribution in [0.1, 0.15) is 19.5 Å². The quantitative estimate of drug-likeness (QED) is 0.675. The Bertz CT molecular complexity index is 780. The maximum Gasteiger partial charge on any atom is 0.225 e. The first-order valence-electron chi connectivity index (χ1n) is 6.99. The van der Waals surface area contributed by atoms with Crippen molar-refractivity contribution in [2.24, 2.45) is 0 Å². The Hall–Kier alpha value is -1.71. The standard InChI is InChI=1S/C14H15N5OS3/c1-3-19(9(2)20)14-15-10(8-23-14)7-22-13-16-12(17-18-13)11-5-4-6-21-11/h4-6,8H,3,7H2,1-2H3,(H,16,17,18). The van der Waals surface area contributed by atoms with Crippen molar-refractivity contribution < 1.29 is 4.79 Å². The summed E-state index contributed by atoms with van der Waals surface area (Å²) >= 11 is 4.63. The maximum atomic E-state index is 11.5. The zero-order valence-electron chi connectivity index (χ0n) is 12.6. The van der Waals surface area contributed by atoms with Gasteiger partial charge in [-0.25, -0.2) is 9.97 Å². The molecule has 0 spiro atoms. The van der Waals surface area contributed by atoms with E-state index in [1.165, 1.54) is 23.1 Å². The van der Waals surface area contributed by atoms with Crippen molar-refractivity contribution in [1.29, 1.82) is 0 Å². The predicted molar refractivity (Wildman–Crippen MR) is 95.1 cm³/mol. The normalized spacial score (nSPS) is 10.9. The third-order valence-electron chi connectivity index (χ3n) is 3.04. The van der Waals surface area contributed by atoms with Crippen molar-refractivity contribution in [3.05, 3.63) is 28.6 Å². The molecule has 0 atom stereocenters. The number of aromatic amines is 1. The van der Waals surface area contributed by atoms with Crippen LogP contribution in [0.5, 0.6) is 0 Å². The average molecular weight is 366 g/mol. The number of thiazole rings is 1. The van der Waals surface area contributed by atoms with Gasteiger partial charge >= 0.3 is 0 Å². The molecule has 120 valence electrons. The topological polar surface area (TPSA) is 74.8 Å². The first-order chi connectivity index (χ1) is 11.2. The lowest BCUT2D eigenvalue weighted by Gasteiger charge is -2.14. The molecule has 0 unspecified atom stereocenters. The lowest BCUT2D eigenvalue weighted by atomic mass is 10.4. The molecule has 0 radical (unpaired) electrons. The lowest BCUT2D eigenvalue weighted by molar-refractivity contribution is -0.116. The van der Waals surface area contributed by atoms with E-state index < -0.39 is 0 Å². The minimum Gasteiger partial charge on any atom is -0.289 e. The van der Waals surface area contributed by atoms with Crippen LogP contribution in [0.3, 0.4) is 0 Å². The fraction of sp³-hybridized carbons (Fsp3) is 0.286. The second kappa shape index (κ2) is 7.24. The van der Waals surface area contributed by atoms with Gasteiger partial charge in [0.05, 0.1) is 10.6 Å². The number of amides is 1. The summed E-state index contributed by atoms with van der Waals surface area (Å²) in [6.07, 6.45) is 0. The molecular weight excluding hydrogens is 350 g/mol. The van der Waals surface area contributed by atoms with E-state index in [0.717, 1.165) is 21.5 Å². The molecule has 9 heteroatoms. The van der Waals surface area contributed by atoms with Crippen LogP contribution in [0, 0.1) is 0 Å². The molecule has 1 amide bonds. The number of thioether (sulfide) groups is 1. The zero-order valence-corrected chi connectivity index (χ0v) is 15.1. The van der Waals surface area contributed by atoms with E-state index in [0.29, 0.717) is 17.5 Å². The number of rotatable bonds is 6. The lowest BCUT2D eigenvalue weighted by Crippen LogP contribution is -2.27. The van der Waals surface area contributed by atoms with E-state index in [4.69, 9.17) is 0 Å². The second-order valence-electron chi connectivity index (χ2n) is 4.62. The third-order valence-corrected chi connectivity index (χ3v) is 5.71. The van der Waals surface area contributed by atoms with Crippen molar-refractivity contribution in [2.45, 2.75) is 24.8 Å². The predicted octanol–water partition coefficient (Wildman–Crippen LogP) is 3.65. The summed E-state index contributed by atoms with van der Waals surface area (Å²) in [7, 11) is 0. The summed E-state index contributed by atoms with van der Waals surface area (Å²) in [5.74, 6) is 1.47. The van der Waals surface area contributed by atoms with E-state index in [1.54, 1.807) is 23.2 Å². The Labute approximate surface area is 146 Å². The van der Waals surface area contributed by atoms with Gasteiger partial charge in [-0.2, -0.15) is 0 Å². The van der Waals surface area contributed by atoms with Crippen molar-refractivity contribution in [2.75, 3.05) is 11.4 Å². The Balaban J connectivity index is 1.63.